The molecule has 0 aliphatic carbocycles. The van der Waals surface area contributed by atoms with Crippen molar-refractivity contribution >= 4 is 17.5 Å². The third-order valence-electron chi connectivity index (χ3n) is 4.98. The summed E-state index contributed by atoms with van der Waals surface area (Å²) in [6, 6.07) is 16.4. The van der Waals surface area contributed by atoms with Crippen LogP contribution in [0.4, 0.5) is 21.8 Å². The van der Waals surface area contributed by atoms with Gasteiger partial charge in [-0.05, 0) is 25.0 Å². The molecule has 1 aliphatic rings. The van der Waals surface area contributed by atoms with E-state index in [-0.39, 0.29) is 11.9 Å². The molecule has 1 saturated heterocycles. The Morgan fingerprint density at radius 2 is 1.83 bits per heavy atom. The molecule has 2 aromatic carbocycles. The highest BCUT2D eigenvalue weighted by Gasteiger charge is 2.20. The molecule has 0 radical (unpaired) electrons. The zero-order chi connectivity index (χ0) is 20.2. The quantitative estimate of drug-likeness (QED) is 0.682. The molecule has 150 valence electrons. The molecule has 2 N–H and O–H groups in total. The zero-order valence-corrected chi connectivity index (χ0v) is 16.2. The number of aliphatic hydroxyl groups excluding tert-OH is 1. The first kappa shape index (κ1) is 19.1. The van der Waals surface area contributed by atoms with E-state index in [0.29, 0.717) is 24.5 Å². The van der Waals surface area contributed by atoms with E-state index in [9.17, 15) is 9.50 Å². The second kappa shape index (κ2) is 8.45. The van der Waals surface area contributed by atoms with Gasteiger partial charge in [0.05, 0.1) is 18.9 Å². The van der Waals surface area contributed by atoms with E-state index in [1.165, 1.54) is 13.2 Å². The molecular formula is C22H23FN4O2. The highest BCUT2D eigenvalue weighted by molar-refractivity contribution is 5.66. The van der Waals surface area contributed by atoms with Crippen molar-refractivity contribution in [1.82, 2.24) is 9.97 Å². The molecule has 3 aromatic rings. The normalized spacial score (nSPS) is 14.7. The maximum absolute atomic E-state index is 14.1. The molecule has 0 bridgehead atoms. The van der Waals surface area contributed by atoms with Crippen molar-refractivity contribution in [3.63, 3.8) is 0 Å². The molecule has 29 heavy (non-hydrogen) atoms. The van der Waals surface area contributed by atoms with Crippen molar-refractivity contribution in [3.8, 4) is 17.0 Å². The zero-order valence-electron chi connectivity index (χ0n) is 16.2. The van der Waals surface area contributed by atoms with Crippen LogP contribution in [-0.4, -0.2) is 41.4 Å². The lowest BCUT2D eigenvalue weighted by molar-refractivity contribution is 0.145. The lowest BCUT2D eigenvalue weighted by Gasteiger charge is -2.30. The number of nitrogens with one attached hydrogen (secondary N) is 1. The first-order chi connectivity index (χ1) is 14.1. The van der Waals surface area contributed by atoms with Gasteiger partial charge < -0.3 is 20.1 Å². The Labute approximate surface area is 169 Å². The number of benzene rings is 2. The number of ether oxygens (including phenoxy) is 1. The van der Waals surface area contributed by atoms with Crippen LogP contribution in [0.15, 0.2) is 54.6 Å². The van der Waals surface area contributed by atoms with Crippen molar-refractivity contribution in [2.24, 2.45) is 0 Å². The van der Waals surface area contributed by atoms with Crippen molar-refractivity contribution in [2.75, 3.05) is 30.4 Å². The van der Waals surface area contributed by atoms with Crippen LogP contribution in [0.2, 0.25) is 0 Å². The Balaban J connectivity index is 1.68. The van der Waals surface area contributed by atoms with Gasteiger partial charge in [0, 0.05) is 36.5 Å². The number of rotatable bonds is 5. The van der Waals surface area contributed by atoms with Crippen LogP contribution in [0.3, 0.4) is 0 Å². The lowest BCUT2D eigenvalue weighted by Crippen LogP contribution is -2.36. The van der Waals surface area contributed by atoms with Crippen LogP contribution in [-0.2, 0) is 0 Å². The molecule has 1 fully saturated rings. The summed E-state index contributed by atoms with van der Waals surface area (Å²) in [6.07, 6.45) is 1.15. The molecule has 7 heteroatoms. The number of hydrogen-bond donors (Lipinski definition) is 2. The predicted molar refractivity (Wildman–Crippen MR) is 111 cm³/mol. The Kier molecular flexibility index (Phi) is 5.57. The molecule has 0 atom stereocenters. The van der Waals surface area contributed by atoms with E-state index in [1.807, 2.05) is 36.4 Å². The number of methoxy groups -OCH3 is 1. The second-order valence-corrected chi connectivity index (χ2v) is 6.99. The second-order valence-electron chi connectivity index (χ2n) is 6.99. The van der Waals surface area contributed by atoms with Gasteiger partial charge in [0.1, 0.15) is 5.82 Å². The smallest absolute Gasteiger partial charge is 0.229 e. The monoisotopic (exact) mass is 394 g/mol. The van der Waals surface area contributed by atoms with Gasteiger partial charge in [-0.15, -0.1) is 0 Å². The molecular weight excluding hydrogens is 371 g/mol. The summed E-state index contributed by atoms with van der Waals surface area (Å²) in [5, 5.41) is 12.9. The third-order valence-corrected chi connectivity index (χ3v) is 4.98. The van der Waals surface area contributed by atoms with Crippen LogP contribution >= 0.6 is 0 Å². The van der Waals surface area contributed by atoms with Crippen LogP contribution in [0, 0.1) is 5.82 Å². The highest BCUT2D eigenvalue weighted by Crippen LogP contribution is 2.28. The van der Waals surface area contributed by atoms with Crippen LogP contribution in [0.1, 0.15) is 12.8 Å². The molecule has 0 spiro atoms. The molecule has 1 aliphatic heterocycles. The lowest BCUT2D eigenvalue weighted by atomic mass is 10.1. The van der Waals surface area contributed by atoms with Crippen molar-refractivity contribution < 1.29 is 14.2 Å². The summed E-state index contributed by atoms with van der Waals surface area (Å²) < 4.78 is 19.0. The van der Waals surface area contributed by atoms with Crippen LogP contribution < -0.4 is 15.0 Å². The van der Waals surface area contributed by atoms with Crippen molar-refractivity contribution in [1.29, 1.82) is 0 Å². The number of nitrogens with zero attached hydrogens (tertiary/aromatic N) is 3. The average molecular weight is 394 g/mol. The summed E-state index contributed by atoms with van der Waals surface area (Å²) in [7, 11) is 1.43. The molecule has 6 nitrogen and oxygen atoms in total. The minimum atomic E-state index is -0.457. The maximum atomic E-state index is 14.1. The number of halogens is 1. The van der Waals surface area contributed by atoms with Gasteiger partial charge in [-0.2, -0.15) is 4.98 Å². The van der Waals surface area contributed by atoms with E-state index in [0.717, 1.165) is 30.2 Å². The van der Waals surface area contributed by atoms with Gasteiger partial charge in [0.25, 0.3) is 0 Å². The summed E-state index contributed by atoms with van der Waals surface area (Å²) in [6.45, 7) is 1.45. The van der Waals surface area contributed by atoms with Gasteiger partial charge in [0.2, 0.25) is 5.95 Å². The molecule has 0 amide bonds. The summed E-state index contributed by atoms with van der Waals surface area (Å²) in [4.78, 5) is 11.4. The molecule has 0 unspecified atom stereocenters. The third kappa shape index (κ3) is 4.46. The fraction of sp³-hybridized carbons (Fsp3) is 0.273. The number of aliphatic hydroxyl groups is 1. The summed E-state index contributed by atoms with van der Waals surface area (Å²) >= 11 is 0. The number of hydrogen-bond acceptors (Lipinski definition) is 6. The summed E-state index contributed by atoms with van der Waals surface area (Å²) in [5.74, 6) is 0.892. The number of anilines is 3. The van der Waals surface area contributed by atoms with E-state index in [4.69, 9.17) is 4.74 Å². The molecule has 1 aromatic heterocycles. The fourth-order valence-corrected chi connectivity index (χ4v) is 3.38. The number of piperidine rings is 1. The van der Waals surface area contributed by atoms with E-state index < -0.39 is 5.82 Å². The van der Waals surface area contributed by atoms with E-state index >= 15 is 0 Å². The van der Waals surface area contributed by atoms with Gasteiger partial charge in [-0.1, -0.05) is 30.3 Å². The molecule has 4 rings (SSSR count). The maximum Gasteiger partial charge on any atom is 0.229 e. The van der Waals surface area contributed by atoms with Gasteiger partial charge in [-0.25, -0.2) is 9.37 Å². The standard InChI is InChI=1S/C22H23FN4O2/c1-29-20-8-7-16(13-18(20)23)24-22-25-19(15-5-3-2-4-6-15)14-21(26-22)27-11-9-17(28)10-12-27/h2-8,13-14,17,28H,9-12H2,1H3,(H,24,25,26). The van der Waals surface area contributed by atoms with Crippen LogP contribution in [0.25, 0.3) is 11.3 Å². The first-order valence-electron chi connectivity index (χ1n) is 9.60. The van der Waals surface area contributed by atoms with Crippen molar-refractivity contribution in [3.05, 3.63) is 60.4 Å². The Hall–Kier alpha value is -3.19. The molecule has 2 heterocycles. The summed E-state index contributed by atoms with van der Waals surface area (Å²) in [5.41, 5.74) is 2.28. The average Bonchev–Trinajstić information content (AvgIpc) is 2.75. The topological polar surface area (TPSA) is 70.5 Å². The molecule has 0 saturated carbocycles. The Morgan fingerprint density at radius 3 is 2.52 bits per heavy atom. The van der Waals surface area contributed by atoms with E-state index in [1.54, 1.807) is 12.1 Å². The predicted octanol–water partition coefficient (Wildman–Crippen LogP) is 4.00. The first-order valence-corrected chi connectivity index (χ1v) is 9.60. The Morgan fingerprint density at radius 1 is 1.07 bits per heavy atom. The van der Waals surface area contributed by atoms with Gasteiger partial charge in [-0.3, -0.25) is 0 Å². The largest absolute Gasteiger partial charge is 0.494 e. The SMILES string of the molecule is COc1ccc(Nc2nc(-c3ccccc3)cc(N3CCC(O)CC3)n2)cc1F. The van der Waals surface area contributed by atoms with Crippen LogP contribution in [0.5, 0.6) is 5.75 Å². The van der Waals surface area contributed by atoms with Gasteiger partial charge >= 0.3 is 0 Å². The fourth-order valence-electron chi connectivity index (χ4n) is 3.38. The Bertz CT molecular complexity index is 976. The highest BCUT2D eigenvalue weighted by atomic mass is 19.1. The van der Waals surface area contributed by atoms with Gasteiger partial charge in [0.15, 0.2) is 11.6 Å². The number of aromatic nitrogens is 2. The van der Waals surface area contributed by atoms with Crippen molar-refractivity contribution in [2.45, 2.75) is 18.9 Å². The van der Waals surface area contributed by atoms with E-state index in [2.05, 4.69) is 20.2 Å². The minimum absolute atomic E-state index is 0.182. The minimum Gasteiger partial charge on any atom is -0.494 e.